The molecule has 1 amide bonds. The second-order valence-corrected chi connectivity index (χ2v) is 7.47. The maximum Gasteiger partial charge on any atom is 0.238 e. The number of amides is 1. The largest absolute Gasteiger partial charge is 0.324 e. The number of halogens is 1. The average Bonchev–Trinajstić information content (AvgIpc) is 2.61. The summed E-state index contributed by atoms with van der Waals surface area (Å²) < 4.78 is 32.7. The number of hydrogen-bond donors (Lipinski definition) is 2. The van der Waals surface area contributed by atoms with Crippen LogP contribution in [0.15, 0.2) is 42.5 Å². The first kappa shape index (κ1) is 21.6. The molecule has 0 aliphatic heterocycles. The van der Waals surface area contributed by atoms with Crippen molar-refractivity contribution in [2.24, 2.45) is 0 Å². The Labute approximate surface area is 161 Å². The molecule has 8 heteroatoms. The summed E-state index contributed by atoms with van der Waals surface area (Å²) in [5.74, 6) is 0.0735. The molecule has 1 fully saturated rings. The second-order valence-electron chi connectivity index (χ2n) is 6.68. The predicted molar refractivity (Wildman–Crippen MR) is 94.3 cm³/mol. The van der Waals surface area contributed by atoms with Crippen LogP contribution in [-0.2, 0) is 4.79 Å². The highest BCUT2D eigenvalue weighted by Crippen LogP contribution is 2.24. The van der Waals surface area contributed by atoms with Crippen molar-refractivity contribution in [3.8, 4) is 0 Å². The number of likely N-dealkylation sites (N-methyl/N-ethyl adjacent to an activating group) is 1. The van der Waals surface area contributed by atoms with Crippen molar-refractivity contribution < 1.29 is 33.7 Å². The SMILES string of the molecule is CN(CC(=O)Nc1cccc2ccccc12)C1CCCCC1.[O-][Cl+3]([O-])([O-])O. The van der Waals surface area contributed by atoms with Crippen molar-refractivity contribution >= 4 is 22.4 Å². The summed E-state index contributed by atoms with van der Waals surface area (Å²) in [5, 5.41) is 5.32. The number of benzene rings is 2. The zero-order valence-corrected chi connectivity index (χ0v) is 16.0. The third-order valence-corrected chi connectivity index (χ3v) is 4.65. The number of hydrogen-bond acceptors (Lipinski definition) is 6. The summed E-state index contributed by atoms with van der Waals surface area (Å²) >= 11 is 0. The molecule has 7 nitrogen and oxygen atoms in total. The topological polar surface area (TPSA) is 122 Å². The van der Waals surface area contributed by atoms with Gasteiger partial charge in [0.1, 0.15) is 0 Å². The van der Waals surface area contributed by atoms with Gasteiger partial charge in [-0.1, -0.05) is 55.7 Å². The van der Waals surface area contributed by atoms with Gasteiger partial charge in [0.25, 0.3) is 0 Å². The third kappa shape index (κ3) is 7.80. The maximum atomic E-state index is 12.4. The van der Waals surface area contributed by atoms with E-state index in [1.807, 2.05) is 24.3 Å². The van der Waals surface area contributed by atoms with Gasteiger partial charge in [-0.15, -0.1) is 0 Å². The van der Waals surface area contributed by atoms with Crippen molar-refractivity contribution in [3.05, 3.63) is 42.5 Å². The van der Waals surface area contributed by atoms with Crippen molar-refractivity contribution in [3.63, 3.8) is 0 Å². The summed E-state index contributed by atoms with van der Waals surface area (Å²) in [5.41, 5.74) is 0.903. The van der Waals surface area contributed by atoms with Gasteiger partial charge in [-0.2, -0.15) is 14.0 Å². The van der Waals surface area contributed by atoms with E-state index < -0.39 is 10.2 Å². The molecule has 0 bridgehead atoms. The molecule has 0 unspecified atom stereocenters. The monoisotopic (exact) mass is 396 g/mol. The molecule has 148 valence electrons. The van der Waals surface area contributed by atoms with Gasteiger partial charge in [0.15, 0.2) is 0 Å². The summed E-state index contributed by atoms with van der Waals surface area (Å²) in [6, 6.07) is 14.7. The number of fused-ring (bicyclic) bond motifs is 1. The molecular weight excluding hydrogens is 372 g/mol. The summed E-state index contributed by atoms with van der Waals surface area (Å²) in [6.45, 7) is 0.466. The summed E-state index contributed by atoms with van der Waals surface area (Å²) in [4.78, 5) is 14.6. The van der Waals surface area contributed by atoms with Gasteiger partial charge in [0, 0.05) is 17.1 Å². The minimum atomic E-state index is -4.69. The quantitative estimate of drug-likeness (QED) is 0.745. The molecule has 0 aromatic heterocycles. The first-order chi connectivity index (χ1) is 12.7. The number of carbonyl (C=O) groups is 1. The van der Waals surface area contributed by atoms with Gasteiger partial charge >= 0.3 is 0 Å². The van der Waals surface area contributed by atoms with Crippen LogP contribution in [0.3, 0.4) is 0 Å². The van der Waals surface area contributed by atoms with E-state index in [0.717, 1.165) is 16.5 Å². The van der Waals surface area contributed by atoms with Crippen molar-refractivity contribution in [2.45, 2.75) is 38.1 Å². The molecule has 2 aromatic carbocycles. The van der Waals surface area contributed by atoms with Crippen molar-refractivity contribution in [2.75, 3.05) is 18.9 Å². The third-order valence-electron chi connectivity index (χ3n) is 4.65. The lowest BCUT2D eigenvalue weighted by molar-refractivity contribution is -1.92. The second kappa shape index (κ2) is 9.98. The van der Waals surface area contributed by atoms with Gasteiger partial charge in [-0.3, -0.25) is 9.69 Å². The normalized spacial score (nSPS) is 15.3. The highest BCUT2D eigenvalue weighted by Gasteiger charge is 2.20. The van der Waals surface area contributed by atoms with E-state index in [2.05, 4.69) is 35.5 Å². The number of rotatable bonds is 4. The Balaban J connectivity index is 0.000000465. The van der Waals surface area contributed by atoms with Crippen LogP contribution in [0.25, 0.3) is 10.8 Å². The van der Waals surface area contributed by atoms with E-state index in [0.29, 0.717) is 12.6 Å². The van der Waals surface area contributed by atoms with Crippen LogP contribution >= 0.6 is 0 Å². The molecule has 0 saturated heterocycles. The molecule has 1 aliphatic rings. The molecule has 0 radical (unpaired) electrons. The minimum Gasteiger partial charge on any atom is -0.324 e. The lowest BCUT2D eigenvalue weighted by Gasteiger charge is -2.30. The van der Waals surface area contributed by atoms with Crippen LogP contribution in [0, 0.1) is 10.2 Å². The Hall–Kier alpha value is -1.74. The zero-order valence-electron chi connectivity index (χ0n) is 15.3. The van der Waals surface area contributed by atoms with Gasteiger partial charge in [0.2, 0.25) is 5.91 Å². The molecule has 2 N–H and O–H groups in total. The highest BCUT2D eigenvalue weighted by molar-refractivity contribution is 6.02. The van der Waals surface area contributed by atoms with Crippen molar-refractivity contribution in [1.82, 2.24) is 4.90 Å². The molecule has 0 atom stereocenters. The molecule has 1 saturated carbocycles. The molecule has 2 aromatic rings. The smallest absolute Gasteiger partial charge is 0.238 e. The van der Waals surface area contributed by atoms with E-state index in [4.69, 9.17) is 18.6 Å². The van der Waals surface area contributed by atoms with Gasteiger partial charge in [0.05, 0.1) is 21.4 Å². The molecule has 3 rings (SSSR count). The van der Waals surface area contributed by atoms with Crippen molar-refractivity contribution in [1.29, 1.82) is 0 Å². The Bertz CT molecular complexity index is 733. The minimum absolute atomic E-state index is 0.0735. The van der Waals surface area contributed by atoms with E-state index >= 15 is 0 Å². The van der Waals surface area contributed by atoms with E-state index in [-0.39, 0.29) is 5.91 Å². The van der Waals surface area contributed by atoms with E-state index in [1.54, 1.807) is 0 Å². The number of carbonyl (C=O) groups excluding carboxylic acids is 1. The van der Waals surface area contributed by atoms with Crippen LogP contribution in [-0.4, -0.2) is 35.1 Å². The number of nitrogens with zero attached hydrogens (tertiary/aromatic N) is 1. The fourth-order valence-electron chi connectivity index (χ4n) is 3.40. The lowest BCUT2D eigenvalue weighted by Crippen LogP contribution is -2.58. The Morgan fingerprint density at radius 3 is 2.37 bits per heavy atom. The Morgan fingerprint density at radius 1 is 1.11 bits per heavy atom. The number of anilines is 1. The first-order valence-corrected chi connectivity index (χ1v) is 10.1. The molecule has 27 heavy (non-hydrogen) atoms. The average molecular weight is 397 g/mol. The maximum absolute atomic E-state index is 12.4. The van der Waals surface area contributed by atoms with Crippen LogP contribution in [0.1, 0.15) is 32.1 Å². The van der Waals surface area contributed by atoms with Crippen LogP contribution in [0.2, 0.25) is 0 Å². The number of nitrogens with one attached hydrogen (secondary N) is 1. The van der Waals surface area contributed by atoms with Crippen LogP contribution < -0.4 is 19.3 Å². The van der Waals surface area contributed by atoms with E-state index in [9.17, 15) is 4.79 Å². The summed E-state index contributed by atoms with van der Waals surface area (Å²) in [7, 11) is -2.63. The zero-order chi connectivity index (χ0) is 19.9. The lowest BCUT2D eigenvalue weighted by atomic mass is 9.94. The fourth-order valence-corrected chi connectivity index (χ4v) is 3.40. The van der Waals surface area contributed by atoms with Gasteiger partial charge < -0.3 is 5.32 Å². The molecular formula is C19H25ClN2O5. The predicted octanol–water partition coefficient (Wildman–Crippen LogP) is -0.0812. The summed E-state index contributed by atoms with van der Waals surface area (Å²) in [6.07, 6.45) is 6.36. The molecule has 1 aliphatic carbocycles. The van der Waals surface area contributed by atoms with Gasteiger partial charge in [-0.25, -0.2) is 0 Å². The standard InChI is InChI=1S/C19H24N2O.ClHO4/c1-21(16-10-3-2-4-11-16)14-19(22)20-18-13-7-9-15-8-5-6-12-17(15)18;2-1(3,4)5/h5-9,12-13,16H,2-4,10-11,14H2,1H3,(H,20,22);(H,2,3,4,5). The van der Waals surface area contributed by atoms with Crippen LogP contribution in [0.5, 0.6) is 0 Å². The molecule has 0 spiro atoms. The molecule has 0 heterocycles. The Morgan fingerprint density at radius 2 is 1.70 bits per heavy atom. The fraction of sp³-hybridized carbons (Fsp3) is 0.421. The Kier molecular flexibility index (Phi) is 7.97. The highest BCUT2D eigenvalue weighted by atomic mass is 35.7. The van der Waals surface area contributed by atoms with Crippen LogP contribution in [0.4, 0.5) is 5.69 Å². The van der Waals surface area contributed by atoms with E-state index in [1.165, 1.54) is 32.1 Å². The van der Waals surface area contributed by atoms with Gasteiger partial charge in [-0.05, 0) is 31.3 Å². The first-order valence-electron chi connectivity index (χ1n) is 8.85.